The molecule has 2 aromatic rings. The number of thiophene rings is 1. The highest BCUT2D eigenvalue weighted by Crippen LogP contribution is 2.22. The van der Waals surface area contributed by atoms with E-state index in [1.54, 1.807) is 50.5 Å². The highest BCUT2D eigenvalue weighted by atomic mass is 35.5. The summed E-state index contributed by atoms with van der Waals surface area (Å²) in [4.78, 5) is 25.7. The van der Waals surface area contributed by atoms with Crippen molar-refractivity contribution in [1.29, 1.82) is 0 Å². The lowest BCUT2D eigenvalue weighted by molar-refractivity contribution is 0.0827. The number of halogens is 1. The Morgan fingerprint density at radius 2 is 1.75 bits per heavy atom. The second kappa shape index (κ2) is 6.07. The third kappa shape index (κ3) is 3.37. The van der Waals surface area contributed by atoms with Crippen LogP contribution < -0.4 is 5.32 Å². The van der Waals surface area contributed by atoms with Crippen LogP contribution in [-0.4, -0.2) is 30.8 Å². The van der Waals surface area contributed by atoms with Gasteiger partial charge in [-0.15, -0.1) is 11.3 Å². The number of benzene rings is 1. The van der Waals surface area contributed by atoms with Gasteiger partial charge >= 0.3 is 0 Å². The molecular weight excluding hydrogens is 296 g/mol. The zero-order valence-electron chi connectivity index (χ0n) is 11.0. The van der Waals surface area contributed by atoms with Gasteiger partial charge in [-0.25, -0.2) is 0 Å². The summed E-state index contributed by atoms with van der Waals surface area (Å²) >= 11 is 7.01. The van der Waals surface area contributed by atoms with Crippen LogP contribution in [0.15, 0.2) is 36.4 Å². The second-order valence-electron chi connectivity index (χ2n) is 4.33. The van der Waals surface area contributed by atoms with E-state index < -0.39 is 0 Å². The van der Waals surface area contributed by atoms with Gasteiger partial charge in [0.05, 0.1) is 9.21 Å². The zero-order chi connectivity index (χ0) is 14.7. The Labute approximate surface area is 126 Å². The molecule has 104 valence electrons. The minimum Gasteiger partial charge on any atom is -0.345 e. The molecule has 0 aliphatic rings. The lowest BCUT2D eigenvalue weighted by atomic mass is 10.2. The third-order valence-electron chi connectivity index (χ3n) is 2.59. The van der Waals surface area contributed by atoms with Gasteiger partial charge in [-0.1, -0.05) is 11.6 Å². The summed E-state index contributed by atoms with van der Waals surface area (Å²) in [5, 5.41) is 2.75. The second-order valence-corrected chi connectivity index (χ2v) is 6.05. The summed E-state index contributed by atoms with van der Waals surface area (Å²) in [7, 11) is 3.39. The van der Waals surface area contributed by atoms with Crippen LogP contribution in [0.25, 0.3) is 0 Å². The van der Waals surface area contributed by atoms with Gasteiger partial charge in [0.15, 0.2) is 0 Å². The summed E-state index contributed by atoms with van der Waals surface area (Å²) in [6, 6.07) is 10.1. The Morgan fingerprint density at radius 3 is 2.25 bits per heavy atom. The highest BCUT2D eigenvalue weighted by molar-refractivity contribution is 7.18. The molecule has 4 nitrogen and oxygen atoms in total. The molecular formula is C14H13ClN2O2S. The predicted octanol–water partition coefficient (Wildman–Crippen LogP) is 3.36. The molecule has 1 aromatic heterocycles. The van der Waals surface area contributed by atoms with E-state index in [0.717, 1.165) is 0 Å². The first-order chi connectivity index (χ1) is 9.47. The molecule has 0 aliphatic heterocycles. The van der Waals surface area contributed by atoms with Gasteiger partial charge in [0.2, 0.25) is 0 Å². The van der Waals surface area contributed by atoms with Gasteiger partial charge < -0.3 is 10.2 Å². The molecule has 0 saturated heterocycles. The fourth-order valence-electron chi connectivity index (χ4n) is 1.58. The molecule has 0 bridgehead atoms. The standard InChI is InChI=1S/C14H13ClN2O2S/c1-17(2)14(19)9-3-5-10(6-4-9)16-13(18)11-7-8-12(15)20-11/h3-8H,1-2H3,(H,16,18). The zero-order valence-corrected chi connectivity index (χ0v) is 12.6. The molecule has 2 amide bonds. The molecule has 1 heterocycles. The summed E-state index contributed by atoms with van der Waals surface area (Å²) in [6.45, 7) is 0. The lowest BCUT2D eigenvalue weighted by Gasteiger charge is -2.10. The van der Waals surface area contributed by atoms with E-state index in [1.165, 1.54) is 16.2 Å². The Kier molecular flexibility index (Phi) is 4.42. The number of anilines is 1. The van der Waals surface area contributed by atoms with E-state index in [2.05, 4.69) is 5.32 Å². The molecule has 0 atom stereocenters. The molecule has 0 fully saturated rings. The van der Waals surface area contributed by atoms with Crippen molar-refractivity contribution in [2.24, 2.45) is 0 Å². The molecule has 2 rings (SSSR count). The van der Waals surface area contributed by atoms with Crippen LogP contribution in [0.3, 0.4) is 0 Å². The molecule has 6 heteroatoms. The van der Waals surface area contributed by atoms with Gasteiger partial charge in [0, 0.05) is 25.3 Å². The molecule has 0 spiro atoms. The number of nitrogens with zero attached hydrogens (tertiary/aromatic N) is 1. The predicted molar refractivity (Wildman–Crippen MR) is 81.7 cm³/mol. The first-order valence-corrected chi connectivity index (χ1v) is 7.05. The van der Waals surface area contributed by atoms with Gasteiger partial charge in [-0.3, -0.25) is 9.59 Å². The smallest absolute Gasteiger partial charge is 0.265 e. The largest absolute Gasteiger partial charge is 0.345 e. The summed E-state index contributed by atoms with van der Waals surface area (Å²) in [5.41, 5.74) is 1.21. The van der Waals surface area contributed by atoms with Gasteiger partial charge in [-0.05, 0) is 36.4 Å². The van der Waals surface area contributed by atoms with Crippen LogP contribution in [-0.2, 0) is 0 Å². The number of hydrogen-bond donors (Lipinski definition) is 1. The van der Waals surface area contributed by atoms with Gasteiger partial charge in [0.1, 0.15) is 0 Å². The molecule has 1 N–H and O–H groups in total. The third-order valence-corrected chi connectivity index (χ3v) is 3.82. The van der Waals surface area contributed by atoms with Crippen LogP contribution in [0.2, 0.25) is 4.34 Å². The maximum atomic E-state index is 11.9. The highest BCUT2D eigenvalue weighted by Gasteiger charge is 2.10. The Balaban J connectivity index is 2.07. The number of carbonyl (C=O) groups excluding carboxylic acids is 2. The topological polar surface area (TPSA) is 49.4 Å². The number of carbonyl (C=O) groups is 2. The van der Waals surface area contributed by atoms with Crippen molar-refractivity contribution < 1.29 is 9.59 Å². The maximum absolute atomic E-state index is 11.9. The Bertz CT molecular complexity index is 635. The first kappa shape index (κ1) is 14.6. The van der Waals surface area contributed by atoms with E-state index >= 15 is 0 Å². The van der Waals surface area contributed by atoms with Crippen LogP contribution in [0.4, 0.5) is 5.69 Å². The normalized spacial score (nSPS) is 10.2. The summed E-state index contributed by atoms with van der Waals surface area (Å²) in [6.07, 6.45) is 0. The number of hydrogen-bond acceptors (Lipinski definition) is 3. The number of nitrogens with one attached hydrogen (secondary N) is 1. The molecule has 0 radical (unpaired) electrons. The average molecular weight is 309 g/mol. The summed E-state index contributed by atoms with van der Waals surface area (Å²) in [5.74, 6) is -0.290. The molecule has 0 unspecified atom stereocenters. The van der Waals surface area contributed by atoms with Crippen LogP contribution in [0, 0.1) is 0 Å². The van der Waals surface area contributed by atoms with Gasteiger partial charge in [0.25, 0.3) is 11.8 Å². The SMILES string of the molecule is CN(C)C(=O)c1ccc(NC(=O)c2ccc(Cl)s2)cc1. The maximum Gasteiger partial charge on any atom is 0.265 e. The van der Waals surface area contributed by atoms with E-state index in [4.69, 9.17) is 11.6 Å². The first-order valence-electron chi connectivity index (χ1n) is 5.86. The molecule has 1 aromatic carbocycles. The van der Waals surface area contributed by atoms with E-state index in [-0.39, 0.29) is 11.8 Å². The van der Waals surface area contributed by atoms with Gasteiger partial charge in [-0.2, -0.15) is 0 Å². The van der Waals surface area contributed by atoms with Crippen molar-refractivity contribution in [1.82, 2.24) is 4.90 Å². The van der Waals surface area contributed by atoms with E-state index in [9.17, 15) is 9.59 Å². The van der Waals surface area contributed by atoms with Crippen LogP contribution in [0.5, 0.6) is 0 Å². The molecule has 0 saturated carbocycles. The average Bonchev–Trinajstić information content (AvgIpc) is 2.85. The fraction of sp³-hybridized carbons (Fsp3) is 0.143. The molecule has 0 aliphatic carbocycles. The van der Waals surface area contributed by atoms with Crippen molar-refractivity contribution in [3.8, 4) is 0 Å². The monoisotopic (exact) mass is 308 g/mol. The van der Waals surface area contributed by atoms with Crippen molar-refractivity contribution in [3.05, 3.63) is 51.2 Å². The number of amides is 2. The van der Waals surface area contributed by atoms with E-state index in [1.807, 2.05) is 0 Å². The van der Waals surface area contributed by atoms with Crippen molar-refractivity contribution in [2.75, 3.05) is 19.4 Å². The Hall–Kier alpha value is -1.85. The quantitative estimate of drug-likeness (QED) is 0.945. The van der Waals surface area contributed by atoms with Crippen molar-refractivity contribution in [3.63, 3.8) is 0 Å². The van der Waals surface area contributed by atoms with Crippen LogP contribution in [0.1, 0.15) is 20.0 Å². The van der Waals surface area contributed by atoms with Crippen molar-refractivity contribution >= 4 is 40.4 Å². The van der Waals surface area contributed by atoms with E-state index in [0.29, 0.717) is 20.5 Å². The van der Waals surface area contributed by atoms with Crippen molar-refractivity contribution in [2.45, 2.75) is 0 Å². The summed E-state index contributed by atoms with van der Waals surface area (Å²) < 4.78 is 0.571. The number of rotatable bonds is 3. The fourth-order valence-corrected chi connectivity index (χ4v) is 2.52. The Morgan fingerprint density at radius 1 is 1.10 bits per heavy atom. The molecule has 20 heavy (non-hydrogen) atoms. The minimum absolute atomic E-state index is 0.0760. The minimum atomic E-state index is -0.214. The van der Waals surface area contributed by atoms with Crippen LogP contribution >= 0.6 is 22.9 Å². The lowest BCUT2D eigenvalue weighted by Crippen LogP contribution is -2.21.